The second-order valence-electron chi connectivity index (χ2n) is 4.59. The maximum Gasteiger partial charge on any atom is 0.257 e. The molecule has 6 heteroatoms. The van der Waals surface area contributed by atoms with Gasteiger partial charge in [-0.15, -0.1) is 0 Å². The van der Waals surface area contributed by atoms with Crippen molar-refractivity contribution >= 4 is 5.91 Å². The maximum absolute atomic E-state index is 11.7. The Hall–Kier alpha value is -2.34. The van der Waals surface area contributed by atoms with E-state index in [-0.39, 0.29) is 12.5 Å². The lowest BCUT2D eigenvalue weighted by atomic mass is 10.2. The zero-order valence-corrected chi connectivity index (χ0v) is 11.8. The van der Waals surface area contributed by atoms with Crippen LogP contribution in [0.1, 0.15) is 17.8 Å². The average molecular weight is 288 g/mol. The van der Waals surface area contributed by atoms with Crippen molar-refractivity contribution in [1.82, 2.24) is 15.3 Å². The van der Waals surface area contributed by atoms with Crippen molar-refractivity contribution in [3.05, 3.63) is 48.0 Å². The van der Waals surface area contributed by atoms with E-state index in [1.807, 2.05) is 24.3 Å². The molecular weight excluding hydrogens is 268 g/mol. The largest absolute Gasteiger partial charge is 0.483 e. The van der Waals surface area contributed by atoms with Crippen LogP contribution in [0, 0.1) is 0 Å². The van der Waals surface area contributed by atoms with Crippen LogP contribution in [0.25, 0.3) is 0 Å². The summed E-state index contributed by atoms with van der Waals surface area (Å²) in [5.74, 6) is 1.45. The summed E-state index contributed by atoms with van der Waals surface area (Å²) in [6.45, 7) is 0.986. The van der Waals surface area contributed by atoms with Crippen LogP contribution in [0.15, 0.2) is 36.7 Å². The van der Waals surface area contributed by atoms with Crippen molar-refractivity contribution < 1.29 is 9.53 Å². The molecule has 2 rings (SSSR count). The number of hydrogen-bond acceptors (Lipinski definition) is 4. The highest BCUT2D eigenvalue weighted by molar-refractivity contribution is 5.77. The fourth-order valence-corrected chi connectivity index (χ4v) is 1.93. The molecule has 21 heavy (non-hydrogen) atoms. The standard InChI is InChI=1S/C15H20N4O2/c16-10-12-4-1-2-5-13(12)21-11-15(20)19-7-3-6-14-17-8-9-18-14/h1-2,4-5,8-9H,3,6-7,10-11,16H2,(H,17,18)(H,19,20). The van der Waals surface area contributed by atoms with Crippen LogP contribution in [0.2, 0.25) is 0 Å². The van der Waals surface area contributed by atoms with Gasteiger partial charge in [-0.1, -0.05) is 18.2 Å². The topological polar surface area (TPSA) is 93.0 Å². The average Bonchev–Trinajstić information content (AvgIpc) is 3.03. The third kappa shape index (κ3) is 4.92. The minimum atomic E-state index is -0.138. The van der Waals surface area contributed by atoms with Crippen molar-refractivity contribution in [2.75, 3.05) is 13.2 Å². The Labute approximate surface area is 123 Å². The molecule has 0 aliphatic heterocycles. The summed E-state index contributed by atoms with van der Waals surface area (Å²) in [6.07, 6.45) is 5.15. The minimum Gasteiger partial charge on any atom is -0.483 e. The Morgan fingerprint density at radius 2 is 2.24 bits per heavy atom. The summed E-state index contributed by atoms with van der Waals surface area (Å²) < 4.78 is 5.48. The van der Waals surface area contributed by atoms with E-state index in [0.717, 1.165) is 24.2 Å². The van der Waals surface area contributed by atoms with Crippen LogP contribution in [-0.4, -0.2) is 29.0 Å². The van der Waals surface area contributed by atoms with Gasteiger partial charge in [0.1, 0.15) is 11.6 Å². The summed E-state index contributed by atoms with van der Waals surface area (Å²) in [6, 6.07) is 7.45. The van der Waals surface area contributed by atoms with Gasteiger partial charge in [-0.2, -0.15) is 0 Å². The number of nitrogens with zero attached hydrogens (tertiary/aromatic N) is 1. The van der Waals surface area contributed by atoms with Gasteiger partial charge >= 0.3 is 0 Å². The fraction of sp³-hybridized carbons (Fsp3) is 0.333. The van der Waals surface area contributed by atoms with Crippen LogP contribution >= 0.6 is 0 Å². The lowest BCUT2D eigenvalue weighted by Gasteiger charge is -2.10. The summed E-state index contributed by atoms with van der Waals surface area (Å²) >= 11 is 0. The van der Waals surface area contributed by atoms with Gasteiger partial charge in [0.15, 0.2) is 6.61 Å². The van der Waals surface area contributed by atoms with E-state index in [1.165, 1.54) is 0 Å². The molecule has 0 aliphatic carbocycles. The van der Waals surface area contributed by atoms with Crippen LogP contribution in [-0.2, 0) is 17.8 Å². The monoisotopic (exact) mass is 288 g/mol. The van der Waals surface area contributed by atoms with E-state index in [0.29, 0.717) is 18.8 Å². The zero-order valence-electron chi connectivity index (χ0n) is 11.8. The van der Waals surface area contributed by atoms with Crippen molar-refractivity contribution in [2.45, 2.75) is 19.4 Å². The lowest BCUT2D eigenvalue weighted by Crippen LogP contribution is -2.30. The third-order valence-electron chi connectivity index (χ3n) is 3.02. The number of amides is 1. The van der Waals surface area contributed by atoms with Crippen molar-refractivity contribution in [1.29, 1.82) is 0 Å². The number of nitrogens with two attached hydrogens (primary N) is 1. The van der Waals surface area contributed by atoms with Gasteiger partial charge in [0, 0.05) is 37.5 Å². The predicted octanol–water partition coefficient (Wildman–Crippen LogP) is 0.996. The number of para-hydroxylation sites is 1. The van der Waals surface area contributed by atoms with Crippen LogP contribution in [0.5, 0.6) is 5.75 Å². The molecule has 4 N–H and O–H groups in total. The normalized spacial score (nSPS) is 10.3. The highest BCUT2D eigenvalue weighted by atomic mass is 16.5. The number of nitrogens with one attached hydrogen (secondary N) is 2. The van der Waals surface area contributed by atoms with Gasteiger partial charge in [-0.25, -0.2) is 4.98 Å². The van der Waals surface area contributed by atoms with Gasteiger partial charge in [0.25, 0.3) is 5.91 Å². The number of H-pyrrole nitrogens is 1. The van der Waals surface area contributed by atoms with Gasteiger partial charge in [0.2, 0.25) is 0 Å². The Morgan fingerprint density at radius 3 is 3.00 bits per heavy atom. The first-order valence-electron chi connectivity index (χ1n) is 6.95. The highest BCUT2D eigenvalue weighted by Crippen LogP contribution is 2.16. The lowest BCUT2D eigenvalue weighted by molar-refractivity contribution is -0.123. The molecule has 1 aromatic heterocycles. The summed E-state index contributed by atoms with van der Waals surface area (Å²) in [7, 11) is 0. The fourth-order valence-electron chi connectivity index (χ4n) is 1.93. The van der Waals surface area contributed by atoms with Gasteiger partial charge in [-0.05, 0) is 12.5 Å². The molecule has 1 aromatic carbocycles. The van der Waals surface area contributed by atoms with Crippen molar-refractivity contribution in [2.24, 2.45) is 5.73 Å². The number of aromatic amines is 1. The SMILES string of the molecule is NCc1ccccc1OCC(=O)NCCCc1ncc[nH]1. The van der Waals surface area contributed by atoms with Gasteiger partial charge in [-0.3, -0.25) is 4.79 Å². The van der Waals surface area contributed by atoms with E-state index in [1.54, 1.807) is 12.4 Å². The molecule has 2 aromatic rings. The number of ether oxygens (including phenoxy) is 1. The molecule has 0 spiro atoms. The van der Waals surface area contributed by atoms with Crippen molar-refractivity contribution in [3.63, 3.8) is 0 Å². The summed E-state index contributed by atoms with van der Waals surface area (Å²) in [5.41, 5.74) is 6.50. The molecule has 1 heterocycles. The number of rotatable bonds is 8. The molecule has 112 valence electrons. The molecule has 0 aliphatic rings. The number of benzene rings is 1. The highest BCUT2D eigenvalue weighted by Gasteiger charge is 2.05. The first kappa shape index (κ1) is 15.1. The molecule has 0 atom stereocenters. The third-order valence-corrected chi connectivity index (χ3v) is 3.02. The molecule has 0 fully saturated rings. The van der Waals surface area contributed by atoms with E-state index < -0.39 is 0 Å². The minimum absolute atomic E-state index is 0.00222. The maximum atomic E-state index is 11.7. The Morgan fingerprint density at radius 1 is 1.38 bits per heavy atom. The smallest absolute Gasteiger partial charge is 0.257 e. The molecule has 0 radical (unpaired) electrons. The molecule has 0 saturated carbocycles. The first-order chi connectivity index (χ1) is 10.3. The Kier molecular flexibility index (Phi) is 5.78. The first-order valence-corrected chi connectivity index (χ1v) is 6.95. The van der Waals surface area contributed by atoms with Gasteiger partial charge in [0.05, 0.1) is 0 Å². The second kappa shape index (κ2) is 8.06. The Balaban J connectivity index is 1.65. The summed E-state index contributed by atoms with van der Waals surface area (Å²) in [5, 5.41) is 2.82. The van der Waals surface area contributed by atoms with E-state index in [9.17, 15) is 4.79 Å². The summed E-state index contributed by atoms with van der Waals surface area (Å²) in [4.78, 5) is 18.8. The number of carbonyl (C=O) groups is 1. The number of hydrogen-bond donors (Lipinski definition) is 3. The quantitative estimate of drug-likeness (QED) is 0.632. The molecular formula is C15H20N4O2. The van der Waals surface area contributed by atoms with Crippen molar-refractivity contribution in [3.8, 4) is 5.75 Å². The molecule has 1 amide bonds. The molecule has 0 bridgehead atoms. The molecule has 0 saturated heterocycles. The zero-order chi connectivity index (χ0) is 14.9. The Bertz CT molecular complexity index is 555. The second-order valence-corrected chi connectivity index (χ2v) is 4.59. The van der Waals surface area contributed by atoms with E-state index >= 15 is 0 Å². The van der Waals surface area contributed by atoms with E-state index in [2.05, 4.69) is 15.3 Å². The predicted molar refractivity (Wildman–Crippen MR) is 79.7 cm³/mol. The number of aromatic nitrogens is 2. The van der Waals surface area contributed by atoms with Crippen LogP contribution < -0.4 is 15.8 Å². The van der Waals surface area contributed by atoms with Crippen LogP contribution in [0.4, 0.5) is 0 Å². The number of aryl methyl sites for hydroxylation is 1. The number of imidazole rings is 1. The van der Waals surface area contributed by atoms with Gasteiger partial charge < -0.3 is 20.8 Å². The molecule has 0 unspecified atom stereocenters. The molecule has 6 nitrogen and oxygen atoms in total. The van der Waals surface area contributed by atoms with Crippen LogP contribution in [0.3, 0.4) is 0 Å². The number of carbonyl (C=O) groups excluding carboxylic acids is 1. The van der Waals surface area contributed by atoms with E-state index in [4.69, 9.17) is 10.5 Å².